The smallest absolute Gasteiger partial charge is 0.311 e. The van der Waals surface area contributed by atoms with Crippen LogP contribution in [0.15, 0.2) is 72.9 Å². The molecule has 18 heteroatoms. The van der Waals surface area contributed by atoms with Gasteiger partial charge in [0, 0.05) is 31.1 Å². The van der Waals surface area contributed by atoms with E-state index in [0.717, 1.165) is 12.8 Å². The van der Waals surface area contributed by atoms with Gasteiger partial charge in [-0.25, -0.2) is 0 Å². The number of allylic oxidation sites excluding steroid dienone is 10. The van der Waals surface area contributed by atoms with Gasteiger partial charge in [0.15, 0.2) is 12.1 Å². The average molecular weight is 926 g/mol. The predicted octanol–water partition coefficient (Wildman–Crippen LogP) is 0.936. The number of hydrogen-bond acceptors (Lipinski definition) is 17. The van der Waals surface area contributed by atoms with Crippen LogP contribution in [0.1, 0.15) is 91.9 Å². The molecule has 3 heterocycles. The first-order valence-electron chi connectivity index (χ1n) is 22.6. The molecule has 13 N–H and O–H groups in total. The lowest BCUT2D eigenvalue weighted by atomic mass is 9.82. The molecule has 0 amide bonds. The van der Waals surface area contributed by atoms with E-state index >= 15 is 0 Å². The van der Waals surface area contributed by atoms with Crippen molar-refractivity contribution in [3.05, 3.63) is 72.9 Å². The molecule has 2 saturated heterocycles. The Morgan fingerprint density at radius 1 is 0.692 bits per heavy atom. The van der Waals surface area contributed by atoms with Gasteiger partial charge < -0.3 is 80.9 Å². The highest BCUT2D eigenvalue weighted by atomic mass is 16.7. The number of carboxylic acid groups (broad SMARTS) is 1. The summed E-state index contributed by atoms with van der Waals surface area (Å²) in [5, 5.41) is 118. The summed E-state index contributed by atoms with van der Waals surface area (Å²) < 4.78 is 23.2. The van der Waals surface area contributed by atoms with Crippen molar-refractivity contribution in [2.75, 3.05) is 0 Å². The number of aliphatic carboxylic acids is 1. The first-order chi connectivity index (χ1) is 30.6. The molecule has 3 aliphatic heterocycles. The Morgan fingerprint density at radius 2 is 1.28 bits per heavy atom. The van der Waals surface area contributed by atoms with Crippen LogP contribution in [0.4, 0.5) is 0 Å². The molecule has 18 nitrogen and oxygen atoms in total. The molecule has 0 aromatic carbocycles. The standard InChI is InChI=1S/C47H75NO17/c1-27-17-15-13-11-9-7-5-6-8-10-12-14-16-18-34(64-46-44(58)41(48)43(57)30(4)63-46)24-38-40(45(59)60)37(54)26-47(61,65-38)25-36(53)35(52)20-19-31(49)21-32(50)22-33(51)23-39(55)62-29(3)28(2)42(27)56/h5-6,8,10-18,27-38,40-44,46,49-54,56-58,61H,7,9,19-26,48H2,1-4H3,(H,59,60)/t27-,28-,29-,30+,31+,32+,33+,34-,35+,36+,37-,38?,40+,41-,42+,43+,44-,46-,47+/m0/s1. The van der Waals surface area contributed by atoms with Gasteiger partial charge in [0.2, 0.25) is 0 Å². The number of carbonyl (C=O) groups excluding carboxylic acids is 1. The minimum atomic E-state index is -2.35. The number of carbonyl (C=O) groups is 2. The minimum Gasteiger partial charge on any atom is -0.481 e. The number of fused-ring (bicyclic) bond motifs is 2. The van der Waals surface area contributed by atoms with Crippen molar-refractivity contribution in [3.63, 3.8) is 0 Å². The van der Waals surface area contributed by atoms with E-state index in [0.29, 0.717) is 0 Å². The second-order valence-corrected chi connectivity index (χ2v) is 17.8. The Morgan fingerprint density at radius 3 is 1.94 bits per heavy atom. The first-order valence-corrected chi connectivity index (χ1v) is 22.6. The molecule has 0 aromatic rings. The number of rotatable bonds is 3. The quantitative estimate of drug-likeness (QED) is 0.175. The van der Waals surface area contributed by atoms with Gasteiger partial charge in [-0.3, -0.25) is 9.59 Å². The molecule has 19 atom stereocenters. The molecule has 65 heavy (non-hydrogen) atoms. The molecule has 2 bridgehead atoms. The van der Waals surface area contributed by atoms with Gasteiger partial charge >= 0.3 is 11.9 Å². The fourth-order valence-corrected chi connectivity index (χ4v) is 8.11. The number of aliphatic hydroxyl groups is 10. The lowest BCUT2D eigenvalue weighted by Gasteiger charge is -2.45. The van der Waals surface area contributed by atoms with Crippen LogP contribution in [-0.2, 0) is 28.5 Å². The van der Waals surface area contributed by atoms with Gasteiger partial charge in [0.25, 0.3) is 0 Å². The topological polar surface area (TPSA) is 320 Å². The van der Waals surface area contributed by atoms with Crippen LogP contribution in [0.5, 0.6) is 0 Å². The maximum Gasteiger partial charge on any atom is 0.311 e. The Bertz CT molecular complexity index is 1620. The molecular weight excluding hydrogens is 851 g/mol. The molecule has 0 spiro atoms. The fraction of sp³-hybridized carbons (Fsp3) is 0.702. The zero-order valence-corrected chi connectivity index (χ0v) is 37.8. The minimum absolute atomic E-state index is 0.138. The van der Waals surface area contributed by atoms with Crippen LogP contribution in [0.3, 0.4) is 0 Å². The van der Waals surface area contributed by atoms with E-state index in [2.05, 4.69) is 0 Å². The van der Waals surface area contributed by atoms with Crippen molar-refractivity contribution in [1.82, 2.24) is 0 Å². The molecule has 3 rings (SSSR count). The highest BCUT2D eigenvalue weighted by Gasteiger charge is 2.51. The summed E-state index contributed by atoms with van der Waals surface area (Å²) in [5.41, 5.74) is 6.02. The molecule has 1 unspecified atom stereocenters. The summed E-state index contributed by atoms with van der Waals surface area (Å²) in [6.07, 6.45) is 2.28. The van der Waals surface area contributed by atoms with Gasteiger partial charge in [-0.05, 0) is 52.4 Å². The zero-order valence-electron chi connectivity index (χ0n) is 37.8. The number of esters is 1. The van der Waals surface area contributed by atoms with Gasteiger partial charge in [-0.15, -0.1) is 0 Å². The van der Waals surface area contributed by atoms with E-state index in [-0.39, 0.29) is 38.0 Å². The third-order valence-corrected chi connectivity index (χ3v) is 12.2. The maximum absolute atomic E-state index is 12.6. The second kappa shape index (κ2) is 27.6. The lowest BCUT2D eigenvalue weighted by Crippen LogP contribution is -2.61. The summed E-state index contributed by atoms with van der Waals surface area (Å²) in [5.74, 6) is -6.82. The second-order valence-electron chi connectivity index (χ2n) is 17.8. The number of aliphatic hydroxyl groups excluding tert-OH is 9. The number of nitrogens with two attached hydrogens (primary N) is 1. The van der Waals surface area contributed by atoms with Crippen molar-refractivity contribution in [2.24, 2.45) is 23.5 Å². The number of hydrogen-bond donors (Lipinski definition) is 12. The van der Waals surface area contributed by atoms with Crippen LogP contribution in [-0.4, -0.2) is 166 Å². The molecule has 2 fully saturated rings. The summed E-state index contributed by atoms with van der Waals surface area (Å²) in [6, 6.07) is -1.14. The van der Waals surface area contributed by atoms with Crippen molar-refractivity contribution < 1.29 is 84.7 Å². The SMILES string of the molecule is C[C@@H]1[C@H](O)[C@@H](C)C=CC=CCCC=CC=CC=CC=C[C@H](O[C@@H]2O[C@H](C)[C@@H](O)[C@H](N)[C@@H]2O)CC2O[C@](O)(C[C@@H](O)[C@H](O)CC[C@@H](O)C[C@@H](O)C[C@@H](O)CC(=O)O[C@H]1C)C[C@H](O)[C@H]2C(=O)O. The number of ether oxygens (including phenoxy) is 4. The summed E-state index contributed by atoms with van der Waals surface area (Å²) in [4.78, 5) is 25.1. The Labute approximate surface area is 381 Å². The third kappa shape index (κ3) is 18.8. The predicted molar refractivity (Wildman–Crippen MR) is 237 cm³/mol. The van der Waals surface area contributed by atoms with Crippen molar-refractivity contribution >= 4 is 11.9 Å². The molecule has 0 saturated carbocycles. The van der Waals surface area contributed by atoms with E-state index in [4.69, 9.17) is 24.7 Å². The normalized spacial score (nSPS) is 42.3. The average Bonchev–Trinajstić information content (AvgIpc) is 3.21. The van der Waals surface area contributed by atoms with E-state index in [1.165, 1.54) is 13.0 Å². The first kappa shape index (κ1) is 56.1. The van der Waals surface area contributed by atoms with E-state index in [1.807, 2.05) is 49.5 Å². The van der Waals surface area contributed by atoms with Crippen molar-refractivity contribution in [3.8, 4) is 0 Å². The molecule has 0 aliphatic carbocycles. The van der Waals surface area contributed by atoms with E-state index < -0.39 is 141 Å². The number of carboxylic acids is 1. The fourth-order valence-electron chi connectivity index (χ4n) is 8.11. The molecule has 370 valence electrons. The molecular formula is C47H75NO17. The van der Waals surface area contributed by atoms with Crippen LogP contribution in [0, 0.1) is 17.8 Å². The highest BCUT2D eigenvalue weighted by molar-refractivity contribution is 5.71. The van der Waals surface area contributed by atoms with E-state index in [1.54, 1.807) is 38.2 Å². The molecule has 0 radical (unpaired) electrons. The summed E-state index contributed by atoms with van der Waals surface area (Å²) >= 11 is 0. The van der Waals surface area contributed by atoms with Crippen molar-refractivity contribution in [2.45, 2.75) is 189 Å². The van der Waals surface area contributed by atoms with Gasteiger partial charge in [-0.2, -0.15) is 0 Å². The van der Waals surface area contributed by atoms with Gasteiger partial charge in [0.05, 0.1) is 79.6 Å². The third-order valence-electron chi connectivity index (χ3n) is 12.2. The lowest BCUT2D eigenvalue weighted by molar-refractivity contribution is -0.310. The Balaban J connectivity index is 1.84. The van der Waals surface area contributed by atoms with Gasteiger partial charge in [-0.1, -0.05) is 86.8 Å². The van der Waals surface area contributed by atoms with Crippen molar-refractivity contribution in [1.29, 1.82) is 0 Å². The zero-order chi connectivity index (χ0) is 48.4. The van der Waals surface area contributed by atoms with Crippen LogP contribution in [0.25, 0.3) is 0 Å². The summed E-state index contributed by atoms with van der Waals surface area (Å²) in [7, 11) is 0. The highest BCUT2D eigenvalue weighted by Crippen LogP contribution is 2.38. The maximum atomic E-state index is 12.6. The summed E-state index contributed by atoms with van der Waals surface area (Å²) in [6.45, 7) is 6.78. The van der Waals surface area contributed by atoms with E-state index in [9.17, 15) is 65.8 Å². The Kier molecular flexibility index (Phi) is 23.8. The largest absolute Gasteiger partial charge is 0.481 e. The molecule has 0 aromatic heterocycles. The van der Waals surface area contributed by atoms with Crippen LogP contribution < -0.4 is 5.73 Å². The molecule has 3 aliphatic rings. The van der Waals surface area contributed by atoms with Gasteiger partial charge in [0.1, 0.15) is 18.1 Å². The monoisotopic (exact) mass is 926 g/mol. The number of cyclic esters (lactones) is 1. The van der Waals surface area contributed by atoms with Crippen LogP contribution >= 0.6 is 0 Å². The van der Waals surface area contributed by atoms with Crippen LogP contribution in [0.2, 0.25) is 0 Å². The Hall–Kier alpha value is -3.18.